The Labute approximate surface area is 150 Å². The minimum atomic E-state index is -2.83. The molecule has 2 amide bonds. The molecule has 1 saturated heterocycles. The lowest BCUT2D eigenvalue weighted by Crippen LogP contribution is -2.49. The first-order valence-electron chi connectivity index (χ1n) is 8.45. The molecule has 1 aliphatic heterocycles. The Kier molecular flexibility index (Phi) is 6.65. The third-order valence-corrected chi connectivity index (χ3v) is 4.41. The maximum absolute atomic E-state index is 12.6. The molecule has 2 unspecified atom stereocenters. The number of nitrogens with one attached hydrogen (secondary N) is 1. The third-order valence-electron chi connectivity index (χ3n) is 4.41. The molecule has 0 spiro atoms. The van der Waals surface area contributed by atoms with Gasteiger partial charge in [-0.2, -0.15) is 0 Å². The maximum Gasteiger partial charge on any atom is 0.326 e. The first kappa shape index (κ1) is 19.8. The van der Waals surface area contributed by atoms with Gasteiger partial charge in [-0.3, -0.25) is 9.59 Å². The first-order valence-corrected chi connectivity index (χ1v) is 8.45. The number of carbonyl (C=O) groups excluding carboxylic acids is 2. The summed E-state index contributed by atoms with van der Waals surface area (Å²) in [5.74, 6) is -2.93. The highest BCUT2D eigenvalue weighted by molar-refractivity contribution is 5.95. The Bertz CT molecular complexity index is 664. The fourth-order valence-corrected chi connectivity index (χ4v) is 2.94. The second-order valence-electron chi connectivity index (χ2n) is 6.48. The van der Waals surface area contributed by atoms with Crippen LogP contribution in [0.1, 0.15) is 35.2 Å². The van der Waals surface area contributed by atoms with Crippen LogP contribution in [0.15, 0.2) is 24.3 Å². The van der Waals surface area contributed by atoms with Gasteiger partial charge >= 0.3 is 5.97 Å². The van der Waals surface area contributed by atoms with Crippen LogP contribution in [0.25, 0.3) is 0 Å². The first-order chi connectivity index (χ1) is 12.3. The summed E-state index contributed by atoms with van der Waals surface area (Å²) in [6.45, 7) is 2.54. The van der Waals surface area contributed by atoms with E-state index in [0.717, 1.165) is 5.56 Å². The van der Waals surface area contributed by atoms with Crippen LogP contribution in [-0.2, 0) is 9.59 Å². The minimum absolute atomic E-state index is 0.138. The van der Waals surface area contributed by atoms with Gasteiger partial charge in [0.25, 0.3) is 5.91 Å². The van der Waals surface area contributed by atoms with Gasteiger partial charge in [0.15, 0.2) is 0 Å². The SMILES string of the molecule is Cc1ccc(C(=O)N2CCCC(C(=O)NC(CC(F)F)C(=O)O)C2)cc1. The van der Waals surface area contributed by atoms with Crippen LogP contribution >= 0.6 is 0 Å². The van der Waals surface area contributed by atoms with Crippen molar-refractivity contribution in [1.82, 2.24) is 10.2 Å². The van der Waals surface area contributed by atoms with E-state index < -0.39 is 36.7 Å². The smallest absolute Gasteiger partial charge is 0.326 e. The van der Waals surface area contributed by atoms with Crippen molar-refractivity contribution in [2.75, 3.05) is 13.1 Å². The summed E-state index contributed by atoms with van der Waals surface area (Å²) in [5, 5.41) is 11.1. The van der Waals surface area contributed by atoms with Crippen molar-refractivity contribution in [3.05, 3.63) is 35.4 Å². The zero-order chi connectivity index (χ0) is 19.3. The molecule has 0 bridgehead atoms. The second-order valence-corrected chi connectivity index (χ2v) is 6.48. The number of hydrogen-bond acceptors (Lipinski definition) is 3. The van der Waals surface area contributed by atoms with Gasteiger partial charge in [-0.1, -0.05) is 17.7 Å². The normalized spacial score (nSPS) is 18.5. The number of benzene rings is 1. The number of amides is 2. The Hall–Kier alpha value is -2.51. The van der Waals surface area contributed by atoms with Crippen molar-refractivity contribution in [3.8, 4) is 0 Å². The molecule has 1 aromatic carbocycles. The van der Waals surface area contributed by atoms with E-state index in [1.54, 1.807) is 17.0 Å². The van der Waals surface area contributed by atoms with E-state index in [-0.39, 0.29) is 12.5 Å². The van der Waals surface area contributed by atoms with Gasteiger partial charge in [-0.15, -0.1) is 0 Å². The molecule has 6 nitrogen and oxygen atoms in total. The number of halogens is 2. The topological polar surface area (TPSA) is 86.7 Å². The Morgan fingerprint density at radius 3 is 2.50 bits per heavy atom. The van der Waals surface area contributed by atoms with Crippen LogP contribution in [0.2, 0.25) is 0 Å². The molecule has 2 atom stereocenters. The molecule has 0 radical (unpaired) electrons. The molecule has 0 saturated carbocycles. The summed E-state index contributed by atoms with van der Waals surface area (Å²) >= 11 is 0. The molecule has 1 aliphatic rings. The predicted molar refractivity (Wildman–Crippen MR) is 90.0 cm³/mol. The molecule has 0 aromatic heterocycles. The molecule has 0 aliphatic carbocycles. The molecule has 1 heterocycles. The maximum atomic E-state index is 12.6. The monoisotopic (exact) mass is 368 g/mol. The Balaban J connectivity index is 2.00. The van der Waals surface area contributed by atoms with E-state index in [1.807, 2.05) is 19.1 Å². The summed E-state index contributed by atoms with van der Waals surface area (Å²) in [4.78, 5) is 37.4. The van der Waals surface area contributed by atoms with Crippen molar-refractivity contribution in [2.45, 2.75) is 38.7 Å². The second kappa shape index (κ2) is 8.73. The number of likely N-dealkylation sites (tertiary alicyclic amines) is 1. The van der Waals surface area contributed by atoms with E-state index in [4.69, 9.17) is 5.11 Å². The molecular formula is C18H22F2N2O4. The molecule has 2 rings (SSSR count). The zero-order valence-corrected chi connectivity index (χ0v) is 14.5. The van der Waals surface area contributed by atoms with Crippen molar-refractivity contribution in [2.24, 2.45) is 5.92 Å². The summed E-state index contributed by atoms with van der Waals surface area (Å²) in [5.41, 5.74) is 1.54. The number of nitrogens with zero attached hydrogens (tertiary/aromatic N) is 1. The van der Waals surface area contributed by atoms with Gasteiger partial charge in [0.05, 0.1) is 5.92 Å². The fraction of sp³-hybridized carbons (Fsp3) is 0.500. The van der Waals surface area contributed by atoms with Crippen molar-refractivity contribution < 1.29 is 28.3 Å². The predicted octanol–water partition coefficient (Wildman–Crippen LogP) is 2.07. The number of carboxylic acids is 1. The fourth-order valence-electron chi connectivity index (χ4n) is 2.94. The summed E-state index contributed by atoms with van der Waals surface area (Å²) in [6.07, 6.45) is -2.71. The van der Waals surface area contributed by atoms with Crippen molar-refractivity contribution in [3.63, 3.8) is 0 Å². The third kappa shape index (κ3) is 5.24. The lowest BCUT2D eigenvalue weighted by Gasteiger charge is -2.32. The van der Waals surface area contributed by atoms with Gasteiger partial charge in [0.1, 0.15) is 6.04 Å². The van der Waals surface area contributed by atoms with Crippen LogP contribution < -0.4 is 5.32 Å². The number of carbonyl (C=O) groups is 3. The van der Waals surface area contributed by atoms with Gasteiger partial charge in [0, 0.05) is 25.1 Å². The number of piperidine rings is 1. The highest BCUT2D eigenvalue weighted by Gasteiger charge is 2.32. The highest BCUT2D eigenvalue weighted by Crippen LogP contribution is 2.20. The van der Waals surface area contributed by atoms with E-state index >= 15 is 0 Å². The van der Waals surface area contributed by atoms with E-state index in [9.17, 15) is 23.2 Å². The van der Waals surface area contributed by atoms with Crippen LogP contribution in [0.3, 0.4) is 0 Å². The number of aliphatic carboxylic acids is 1. The van der Waals surface area contributed by atoms with E-state index in [2.05, 4.69) is 5.32 Å². The van der Waals surface area contributed by atoms with E-state index in [0.29, 0.717) is 24.9 Å². The lowest BCUT2D eigenvalue weighted by atomic mass is 9.96. The lowest BCUT2D eigenvalue weighted by molar-refractivity contribution is -0.144. The highest BCUT2D eigenvalue weighted by atomic mass is 19.3. The number of rotatable bonds is 6. The number of carboxylic acid groups (broad SMARTS) is 1. The Morgan fingerprint density at radius 1 is 1.27 bits per heavy atom. The average Bonchev–Trinajstić information content (AvgIpc) is 2.60. The van der Waals surface area contributed by atoms with Crippen LogP contribution in [0.5, 0.6) is 0 Å². The molecule has 26 heavy (non-hydrogen) atoms. The quantitative estimate of drug-likeness (QED) is 0.805. The van der Waals surface area contributed by atoms with Crippen LogP contribution in [0.4, 0.5) is 8.78 Å². The largest absolute Gasteiger partial charge is 0.480 e. The van der Waals surface area contributed by atoms with Crippen LogP contribution in [-0.4, -0.2) is 53.3 Å². The molecule has 1 fully saturated rings. The molecule has 142 valence electrons. The van der Waals surface area contributed by atoms with Crippen molar-refractivity contribution >= 4 is 17.8 Å². The van der Waals surface area contributed by atoms with Gasteiger partial charge < -0.3 is 15.3 Å². The minimum Gasteiger partial charge on any atom is -0.480 e. The molecular weight excluding hydrogens is 346 g/mol. The summed E-state index contributed by atoms with van der Waals surface area (Å²) in [6, 6.07) is 5.44. The number of aryl methyl sites for hydroxylation is 1. The number of hydrogen-bond donors (Lipinski definition) is 2. The van der Waals surface area contributed by atoms with Gasteiger partial charge in [0.2, 0.25) is 12.3 Å². The molecule has 2 N–H and O–H groups in total. The Morgan fingerprint density at radius 2 is 1.92 bits per heavy atom. The average molecular weight is 368 g/mol. The molecule has 1 aromatic rings. The molecule has 8 heteroatoms. The van der Waals surface area contributed by atoms with Gasteiger partial charge in [-0.25, -0.2) is 13.6 Å². The summed E-state index contributed by atoms with van der Waals surface area (Å²) in [7, 11) is 0. The zero-order valence-electron chi connectivity index (χ0n) is 14.5. The number of alkyl halides is 2. The van der Waals surface area contributed by atoms with E-state index in [1.165, 1.54) is 0 Å². The summed E-state index contributed by atoms with van der Waals surface area (Å²) < 4.78 is 24.9. The van der Waals surface area contributed by atoms with Crippen LogP contribution in [0, 0.1) is 12.8 Å². The van der Waals surface area contributed by atoms with Crippen molar-refractivity contribution in [1.29, 1.82) is 0 Å². The standard InChI is InChI=1S/C18H22F2N2O4/c1-11-4-6-12(7-5-11)17(24)22-8-2-3-13(10-22)16(23)21-14(18(25)26)9-15(19)20/h4-7,13-15H,2-3,8-10H2,1H3,(H,21,23)(H,25,26). The van der Waals surface area contributed by atoms with Gasteiger partial charge in [-0.05, 0) is 31.9 Å².